The van der Waals surface area contributed by atoms with Crippen LogP contribution in [0.1, 0.15) is 48.9 Å². The quantitative estimate of drug-likeness (QED) is 0.839. The summed E-state index contributed by atoms with van der Waals surface area (Å²) in [6.45, 7) is 0.124. The van der Waals surface area contributed by atoms with Crippen molar-refractivity contribution in [3.05, 3.63) is 35.6 Å². The van der Waals surface area contributed by atoms with Gasteiger partial charge in [-0.25, -0.2) is 4.39 Å². The molecule has 0 aromatic heterocycles. The number of rotatable bonds is 4. The molecule has 0 bridgehead atoms. The first-order valence-electron chi connectivity index (χ1n) is 7.31. The van der Waals surface area contributed by atoms with E-state index in [1.165, 1.54) is 24.3 Å². The molecule has 2 rings (SSSR count). The minimum absolute atomic E-state index is 0.124. The highest BCUT2D eigenvalue weighted by Gasteiger charge is 2.38. The van der Waals surface area contributed by atoms with Gasteiger partial charge in [-0.3, -0.25) is 9.59 Å². The zero-order valence-electron chi connectivity index (χ0n) is 11.9. The van der Waals surface area contributed by atoms with E-state index in [9.17, 15) is 19.1 Å². The fourth-order valence-electron chi connectivity index (χ4n) is 2.82. The van der Waals surface area contributed by atoms with E-state index in [0.717, 1.165) is 25.7 Å². The van der Waals surface area contributed by atoms with Crippen LogP contribution in [0.2, 0.25) is 0 Å². The van der Waals surface area contributed by atoms with E-state index >= 15 is 0 Å². The Kier molecular flexibility index (Phi) is 4.94. The van der Waals surface area contributed by atoms with Gasteiger partial charge in [0.15, 0.2) is 0 Å². The third-order valence-corrected chi connectivity index (χ3v) is 4.21. The van der Waals surface area contributed by atoms with Crippen molar-refractivity contribution in [3.8, 4) is 0 Å². The van der Waals surface area contributed by atoms with E-state index in [4.69, 9.17) is 0 Å². The zero-order valence-corrected chi connectivity index (χ0v) is 11.9. The summed E-state index contributed by atoms with van der Waals surface area (Å²) < 4.78 is 12.8. The summed E-state index contributed by atoms with van der Waals surface area (Å²) >= 11 is 0. The van der Waals surface area contributed by atoms with Crippen molar-refractivity contribution in [2.75, 3.05) is 6.54 Å². The zero-order chi connectivity index (χ0) is 15.3. The molecule has 4 nitrogen and oxygen atoms in total. The number of carboxylic acid groups (broad SMARTS) is 1. The van der Waals surface area contributed by atoms with Crippen LogP contribution in [0.15, 0.2) is 24.3 Å². The van der Waals surface area contributed by atoms with Gasteiger partial charge in [-0.15, -0.1) is 0 Å². The Morgan fingerprint density at radius 3 is 2.19 bits per heavy atom. The predicted octanol–water partition coefficient (Wildman–Crippen LogP) is 2.98. The van der Waals surface area contributed by atoms with Crippen molar-refractivity contribution in [2.45, 2.75) is 38.5 Å². The molecule has 114 valence electrons. The number of carbonyl (C=O) groups excluding carboxylic acids is 1. The van der Waals surface area contributed by atoms with Crippen LogP contribution < -0.4 is 5.32 Å². The minimum atomic E-state index is -0.869. The van der Waals surface area contributed by atoms with Crippen LogP contribution in [0.25, 0.3) is 0 Å². The van der Waals surface area contributed by atoms with Gasteiger partial charge in [0.05, 0.1) is 5.41 Å². The molecule has 0 spiro atoms. The number of halogens is 1. The summed E-state index contributed by atoms with van der Waals surface area (Å²) in [6, 6.07) is 5.22. The van der Waals surface area contributed by atoms with Gasteiger partial charge in [-0.2, -0.15) is 0 Å². The van der Waals surface area contributed by atoms with Crippen molar-refractivity contribution in [2.24, 2.45) is 5.41 Å². The van der Waals surface area contributed by atoms with Crippen molar-refractivity contribution < 1.29 is 19.1 Å². The lowest BCUT2D eigenvalue weighted by molar-refractivity contribution is -0.149. The van der Waals surface area contributed by atoms with Crippen LogP contribution in [0, 0.1) is 11.2 Å². The smallest absolute Gasteiger partial charge is 0.311 e. The van der Waals surface area contributed by atoms with Crippen LogP contribution in [-0.4, -0.2) is 23.5 Å². The van der Waals surface area contributed by atoms with Crippen LogP contribution in [0.3, 0.4) is 0 Å². The molecule has 0 unspecified atom stereocenters. The fraction of sp³-hybridized carbons (Fsp3) is 0.500. The van der Waals surface area contributed by atoms with E-state index in [-0.39, 0.29) is 12.5 Å². The number of aliphatic carboxylic acids is 1. The van der Waals surface area contributed by atoms with Crippen LogP contribution >= 0.6 is 0 Å². The Bertz CT molecular complexity index is 505. The summed E-state index contributed by atoms with van der Waals surface area (Å²) in [4.78, 5) is 23.6. The lowest BCUT2D eigenvalue weighted by Crippen LogP contribution is -2.42. The normalized spacial score (nSPS) is 17.8. The average molecular weight is 293 g/mol. The second kappa shape index (κ2) is 6.70. The van der Waals surface area contributed by atoms with E-state index in [2.05, 4.69) is 5.32 Å². The molecule has 2 N–H and O–H groups in total. The molecule has 5 heteroatoms. The molecule has 1 amide bonds. The first-order valence-corrected chi connectivity index (χ1v) is 7.31. The van der Waals surface area contributed by atoms with E-state index in [1.807, 2.05) is 0 Å². The van der Waals surface area contributed by atoms with Gasteiger partial charge in [0.25, 0.3) is 5.91 Å². The summed E-state index contributed by atoms with van der Waals surface area (Å²) in [5, 5.41) is 12.2. The lowest BCUT2D eigenvalue weighted by Gasteiger charge is -2.28. The van der Waals surface area contributed by atoms with Crippen molar-refractivity contribution in [1.82, 2.24) is 5.32 Å². The van der Waals surface area contributed by atoms with Crippen molar-refractivity contribution in [1.29, 1.82) is 0 Å². The first-order chi connectivity index (χ1) is 10.0. The third kappa shape index (κ3) is 3.80. The number of nitrogens with one attached hydrogen (secondary N) is 1. The lowest BCUT2D eigenvalue weighted by atomic mass is 9.80. The number of carboxylic acids is 1. The highest BCUT2D eigenvalue weighted by molar-refractivity contribution is 5.94. The maximum atomic E-state index is 12.8. The van der Waals surface area contributed by atoms with E-state index in [0.29, 0.717) is 18.4 Å². The van der Waals surface area contributed by atoms with Gasteiger partial charge < -0.3 is 10.4 Å². The molecule has 0 radical (unpaired) electrons. The van der Waals surface area contributed by atoms with Gasteiger partial charge in [0, 0.05) is 12.1 Å². The molecule has 1 fully saturated rings. The monoisotopic (exact) mass is 293 g/mol. The molecular formula is C16H20FNO3. The molecule has 1 aliphatic carbocycles. The average Bonchev–Trinajstić information content (AvgIpc) is 2.72. The van der Waals surface area contributed by atoms with Crippen molar-refractivity contribution >= 4 is 11.9 Å². The fourth-order valence-corrected chi connectivity index (χ4v) is 2.82. The highest BCUT2D eigenvalue weighted by Crippen LogP contribution is 2.34. The molecule has 0 heterocycles. The molecule has 0 saturated heterocycles. The molecule has 1 aromatic carbocycles. The topological polar surface area (TPSA) is 66.4 Å². The Balaban J connectivity index is 2.02. The molecule has 0 atom stereocenters. The molecular weight excluding hydrogens is 273 g/mol. The number of benzene rings is 1. The van der Waals surface area contributed by atoms with Gasteiger partial charge in [-0.05, 0) is 37.1 Å². The molecule has 1 saturated carbocycles. The molecule has 1 aliphatic rings. The molecule has 0 aliphatic heterocycles. The maximum absolute atomic E-state index is 12.8. The summed E-state index contributed by atoms with van der Waals surface area (Å²) in [5.41, 5.74) is -0.530. The SMILES string of the molecule is O=C(NCC1(C(=O)O)CCCCCC1)c1ccc(F)cc1. The third-order valence-electron chi connectivity index (χ3n) is 4.21. The standard InChI is InChI=1S/C16H20FNO3/c17-13-7-5-12(6-8-13)14(19)18-11-16(15(20)21)9-3-1-2-4-10-16/h5-8H,1-4,9-11H2,(H,18,19)(H,20,21). The Morgan fingerprint density at radius 2 is 1.67 bits per heavy atom. The second-order valence-corrected chi connectivity index (χ2v) is 5.69. The number of hydrogen-bond acceptors (Lipinski definition) is 2. The van der Waals surface area contributed by atoms with Crippen LogP contribution in [0.5, 0.6) is 0 Å². The van der Waals surface area contributed by atoms with Crippen molar-refractivity contribution in [3.63, 3.8) is 0 Å². The highest BCUT2D eigenvalue weighted by atomic mass is 19.1. The van der Waals surface area contributed by atoms with E-state index in [1.54, 1.807) is 0 Å². The molecule has 1 aromatic rings. The maximum Gasteiger partial charge on any atom is 0.311 e. The Labute approximate surface area is 123 Å². The summed E-state index contributed by atoms with van der Waals surface area (Å²) in [6.07, 6.45) is 5.01. The number of carbonyl (C=O) groups is 2. The van der Waals surface area contributed by atoms with Gasteiger partial charge in [0.1, 0.15) is 5.82 Å². The Hall–Kier alpha value is -1.91. The summed E-state index contributed by atoms with van der Waals surface area (Å²) in [7, 11) is 0. The first kappa shape index (κ1) is 15.5. The summed E-state index contributed by atoms with van der Waals surface area (Å²) in [5.74, 6) is -1.61. The van der Waals surface area contributed by atoms with Gasteiger partial charge >= 0.3 is 5.97 Å². The van der Waals surface area contributed by atoms with Gasteiger partial charge in [0.2, 0.25) is 0 Å². The largest absolute Gasteiger partial charge is 0.481 e. The second-order valence-electron chi connectivity index (χ2n) is 5.69. The number of hydrogen-bond donors (Lipinski definition) is 2. The van der Waals surface area contributed by atoms with Crippen LogP contribution in [-0.2, 0) is 4.79 Å². The predicted molar refractivity (Wildman–Crippen MR) is 76.5 cm³/mol. The van der Waals surface area contributed by atoms with E-state index < -0.39 is 17.2 Å². The Morgan fingerprint density at radius 1 is 1.10 bits per heavy atom. The minimum Gasteiger partial charge on any atom is -0.481 e. The van der Waals surface area contributed by atoms with Crippen LogP contribution in [0.4, 0.5) is 4.39 Å². The molecule has 21 heavy (non-hydrogen) atoms. The number of amides is 1. The van der Waals surface area contributed by atoms with Gasteiger partial charge in [-0.1, -0.05) is 25.7 Å².